The summed E-state index contributed by atoms with van der Waals surface area (Å²) in [6.45, 7) is 3.75. The summed E-state index contributed by atoms with van der Waals surface area (Å²) in [5, 5.41) is 4.70. The lowest BCUT2D eigenvalue weighted by atomic mass is 10.0. The summed E-state index contributed by atoms with van der Waals surface area (Å²) < 4.78 is 1.57. The summed E-state index contributed by atoms with van der Waals surface area (Å²) in [5.41, 5.74) is 9.56. The van der Waals surface area contributed by atoms with Gasteiger partial charge in [0.15, 0.2) is 5.78 Å². The highest BCUT2D eigenvalue weighted by Gasteiger charge is 2.16. The second-order valence-corrected chi connectivity index (χ2v) is 5.01. The largest absolute Gasteiger partial charge is 0.398 e. The average Bonchev–Trinajstić information content (AvgIpc) is 2.59. The summed E-state index contributed by atoms with van der Waals surface area (Å²) >= 11 is 6.13. The van der Waals surface area contributed by atoms with Gasteiger partial charge in [-0.1, -0.05) is 23.7 Å². The number of anilines is 1. The van der Waals surface area contributed by atoms with Gasteiger partial charge in [0, 0.05) is 30.3 Å². The van der Waals surface area contributed by atoms with E-state index >= 15 is 0 Å². The van der Waals surface area contributed by atoms with Gasteiger partial charge in [0.1, 0.15) is 5.15 Å². The maximum absolute atomic E-state index is 12.2. The Balaban J connectivity index is 2.28. The molecule has 4 nitrogen and oxygen atoms in total. The molecule has 0 saturated carbocycles. The van der Waals surface area contributed by atoms with Crippen LogP contribution in [-0.4, -0.2) is 15.6 Å². The zero-order valence-corrected chi connectivity index (χ0v) is 12.0. The number of benzene rings is 1. The molecule has 0 radical (unpaired) electrons. The molecule has 19 heavy (non-hydrogen) atoms. The van der Waals surface area contributed by atoms with E-state index in [4.69, 9.17) is 17.3 Å². The van der Waals surface area contributed by atoms with Crippen LogP contribution in [0.15, 0.2) is 18.2 Å². The van der Waals surface area contributed by atoms with Crippen molar-refractivity contribution in [1.29, 1.82) is 0 Å². The van der Waals surface area contributed by atoms with E-state index in [-0.39, 0.29) is 12.2 Å². The summed E-state index contributed by atoms with van der Waals surface area (Å²) in [6.07, 6.45) is 0.237. The van der Waals surface area contributed by atoms with E-state index in [1.54, 1.807) is 23.9 Å². The first-order chi connectivity index (χ1) is 8.90. The van der Waals surface area contributed by atoms with Crippen molar-refractivity contribution in [3.8, 4) is 0 Å². The Kier molecular flexibility index (Phi) is 3.62. The number of nitrogens with two attached hydrogens (primary N) is 1. The molecule has 5 heteroatoms. The molecule has 0 aliphatic rings. The number of aromatic nitrogens is 2. The van der Waals surface area contributed by atoms with Crippen LogP contribution in [0.4, 0.5) is 5.69 Å². The summed E-state index contributed by atoms with van der Waals surface area (Å²) in [7, 11) is 1.76. The lowest BCUT2D eigenvalue weighted by Gasteiger charge is -2.05. The Morgan fingerprint density at radius 1 is 1.42 bits per heavy atom. The predicted molar refractivity (Wildman–Crippen MR) is 76.6 cm³/mol. The van der Waals surface area contributed by atoms with Gasteiger partial charge in [0.2, 0.25) is 0 Å². The molecular formula is C14H16ClN3O. The molecule has 2 rings (SSSR count). The average molecular weight is 278 g/mol. The Hall–Kier alpha value is -1.81. The number of halogens is 1. The molecule has 1 aromatic heterocycles. The van der Waals surface area contributed by atoms with Crippen molar-refractivity contribution in [1.82, 2.24) is 9.78 Å². The Bertz CT molecular complexity index is 646. The van der Waals surface area contributed by atoms with Crippen LogP contribution in [0.3, 0.4) is 0 Å². The van der Waals surface area contributed by atoms with Gasteiger partial charge < -0.3 is 5.73 Å². The number of ketones is 1. The van der Waals surface area contributed by atoms with Crippen LogP contribution in [-0.2, 0) is 13.5 Å². The van der Waals surface area contributed by atoms with E-state index in [0.29, 0.717) is 16.4 Å². The highest BCUT2D eigenvalue weighted by atomic mass is 35.5. The number of Topliss-reactive ketones (excluding diaryl/α,β-unsaturated/α-hetero) is 1. The third kappa shape index (κ3) is 2.63. The second kappa shape index (κ2) is 5.05. The van der Waals surface area contributed by atoms with Gasteiger partial charge in [-0.2, -0.15) is 5.10 Å². The number of hydrogen-bond donors (Lipinski definition) is 1. The van der Waals surface area contributed by atoms with Crippen LogP contribution < -0.4 is 5.73 Å². The third-order valence-electron chi connectivity index (χ3n) is 3.21. The predicted octanol–water partition coefficient (Wildman–Crippen LogP) is 2.70. The molecule has 0 aliphatic heterocycles. The van der Waals surface area contributed by atoms with Crippen LogP contribution in [0.1, 0.15) is 27.2 Å². The fraction of sp³-hybridized carbons (Fsp3) is 0.286. The first-order valence-corrected chi connectivity index (χ1v) is 6.35. The van der Waals surface area contributed by atoms with Crippen LogP contribution in [0.5, 0.6) is 0 Å². The second-order valence-electron chi connectivity index (χ2n) is 4.65. The highest BCUT2D eigenvalue weighted by Crippen LogP contribution is 2.21. The van der Waals surface area contributed by atoms with E-state index in [9.17, 15) is 4.79 Å². The van der Waals surface area contributed by atoms with Gasteiger partial charge in [0.25, 0.3) is 0 Å². The van der Waals surface area contributed by atoms with Gasteiger partial charge >= 0.3 is 0 Å². The maximum atomic E-state index is 12.2. The molecule has 100 valence electrons. The first kappa shape index (κ1) is 13.6. The van der Waals surface area contributed by atoms with Gasteiger partial charge in [-0.15, -0.1) is 0 Å². The van der Waals surface area contributed by atoms with Crippen LogP contribution >= 0.6 is 11.6 Å². The number of nitrogen functional groups attached to an aromatic ring is 1. The van der Waals surface area contributed by atoms with Crippen LogP contribution in [0.25, 0.3) is 0 Å². The van der Waals surface area contributed by atoms with Gasteiger partial charge in [-0.3, -0.25) is 9.48 Å². The molecule has 0 spiro atoms. The molecule has 0 amide bonds. The third-order valence-corrected chi connectivity index (χ3v) is 3.68. The van der Waals surface area contributed by atoms with Crippen molar-refractivity contribution in [2.45, 2.75) is 20.3 Å². The molecule has 1 heterocycles. The summed E-state index contributed by atoms with van der Waals surface area (Å²) in [4.78, 5) is 12.2. The van der Waals surface area contributed by atoms with Gasteiger partial charge in [-0.05, 0) is 25.5 Å². The minimum absolute atomic E-state index is 0.00954. The fourth-order valence-corrected chi connectivity index (χ4v) is 2.19. The van der Waals surface area contributed by atoms with Gasteiger partial charge in [0.05, 0.1) is 5.69 Å². The number of hydrogen-bond acceptors (Lipinski definition) is 3. The molecule has 0 aliphatic carbocycles. The number of rotatable bonds is 3. The van der Waals surface area contributed by atoms with Crippen LogP contribution in [0.2, 0.25) is 5.15 Å². The quantitative estimate of drug-likeness (QED) is 0.693. The van der Waals surface area contributed by atoms with E-state index in [1.807, 2.05) is 19.9 Å². The Morgan fingerprint density at radius 2 is 2.11 bits per heavy atom. The van der Waals surface area contributed by atoms with Crippen molar-refractivity contribution in [3.05, 3.63) is 45.7 Å². The van der Waals surface area contributed by atoms with Gasteiger partial charge in [-0.25, -0.2) is 0 Å². The highest BCUT2D eigenvalue weighted by molar-refractivity contribution is 6.30. The first-order valence-electron chi connectivity index (χ1n) is 5.97. The molecule has 2 N–H and O–H groups in total. The standard InChI is InChI=1S/C14H16ClN3O/c1-8-4-5-10(6-12(8)16)13(19)7-11-9(2)17-18(3)14(11)15/h4-6H,7,16H2,1-3H3. The van der Waals surface area contributed by atoms with Crippen molar-refractivity contribution < 1.29 is 4.79 Å². The lowest BCUT2D eigenvalue weighted by molar-refractivity contribution is 0.0993. The van der Waals surface area contributed by atoms with Crippen molar-refractivity contribution in [3.63, 3.8) is 0 Å². The molecule has 0 atom stereocenters. The SMILES string of the molecule is Cc1ccc(C(=O)Cc2c(C)nn(C)c2Cl)cc1N. The molecule has 0 bridgehead atoms. The number of carbonyl (C=O) groups is 1. The van der Waals surface area contributed by atoms with Crippen molar-refractivity contribution in [2.24, 2.45) is 7.05 Å². The van der Waals surface area contributed by atoms with Crippen molar-refractivity contribution in [2.75, 3.05) is 5.73 Å². The molecule has 0 unspecified atom stereocenters. The van der Waals surface area contributed by atoms with E-state index in [2.05, 4.69) is 5.10 Å². The van der Waals surface area contributed by atoms with Crippen molar-refractivity contribution >= 4 is 23.1 Å². The molecule has 0 fully saturated rings. The summed E-state index contributed by atoms with van der Waals surface area (Å²) in [5.74, 6) is -0.00954. The number of aryl methyl sites for hydroxylation is 3. The Labute approximate surface area is 117 Å². The molecular weight excluding hydrogens is 262 g/mol. The fourth-order valence-electron chi connectivity index (χ4n) is 1.95. The zero-order chi connectivity index (χ0) is 14.2. The minimum atomic E-state index is -0.00954. The zero-order valence-electron chi connectivity index (χ0n) is 11.2. The molecule has 2 aromatic rings. The van der Waals surface area contributed by atoms with E-state index in [0.717, 1.165) is 16.8 Å². The molecule has 0 saturated heterocycles. The Morgan fingerprint density at radius 3 is 2.63 bits per heavy atom. The van der Waals surface area contributed by atoms with E-state index in [1.165, 1.54) is 0 Å². The smallest absolute Gasteiger partial charge is 0.167 e. The number of carbonyl (C=O) groups excluding carboxylic acids is 1. The minimum Gasteiger partial charge on any atom is -0.398 e. The normalized spacial score (nSPS) is 10.7. The van der Waals surface area contributed by atoms with E-state index < -0.39 is 0 Å². The number of nitrogens with zero attached hydrogens (tertiary/aromatic N) is 2. The lowest BCUT2D eigenvalue weighted by Crippen LogP contribution is -2.05. The monoisotopic (exact) mass is 277 g/mol. The van der Waals surface area contributed by atoms with Crippen LogP contribution in [0, 0.1) is 13.8 Å². The topological polar surface area (TPSA) is 60.9 Å². The molecule has 1 aromatic carbocycles. The maximum Gasteiger partial charge on any atom is 0.167 e. The summed E-state index contributed by atoms with van der Waals surface area (Å²) in [6, 6.07) is 5.34.